The Bertz CT molecular complexity index is 363. The van der Waals surface area contributed by atoms with Crippen LogP contribution in [0.1, 0.15) is 17.1 Å². The number of amides is 1. The molecule has 80 valence electrons. The van der Waals surface area contributed by atoms with Crippen molar-refractivity contribution in [3.05, 3.63) is 18.4 Å². The largest absolute Gasteiger partial charge is 0.441 e. The lowest BCUT2D eigenvalue weighted by molar-refractivity contribution is 0.0483. The molecule has 0 aliphatic carbocycles. The molecule has 5 heteroatoms. The Labute approximate surface area is 87.5 Å². The first-order valence-electron chi connectivity index (χ1n) is 5.27. The Kier molecular flexibility index (Phi) is 1.98. The Morgan fingerprint density at radius 2 is 2.60 bits per heavy atom. The van der Waals surface area contributed by atoms with E-state index in [9.17, 15) is 4.79 Å². The van der Waals surface area contributed by atoms with Gasteiger partial charge in [-0.3, -0.25) is 4.79 Å². The molecule has 0 aromatic carbocycles. The van der Waals surface area contributed by atoms with E-state index in [2.05, 4.69) is 10.3 Å². The summed E-state index contributed by atoms with van der Waals surface area (Å²) in [5.74, 6) is 0.874. The molecule has 1 N–H and O–H groups in total. The summed E-state index contributed by atoms with van der Waals surface area (Å²) in [6.07, 6.45) is 4.02. The van der Waals surface area contributed by atoms with Gasteiger partial charge in [-0.15, -0.1) is 0 Å². The molecule has 2 saturated heterocycles. The standard InChI is InChI=1S/C10H13N3O2/c14-10(9-11-2-4-15-9)13-3-1-7-5-12-8(7)6-13/h2,4,7-8,12H,1,3,5-6H2. The fourth-order valence-electron chi connectivity index (χ4n) is 2.27. The molecule has 0 radical (unpaired) electrons. The van der Waals surface area contributed by atoms with Gasteiger partial charge in [-0.1, -0.05) is 0 Å². The maximum absolute atomic E-state index is 11.9. The second kappa shape index (κ2) is 3.34. The SMILES string of the molecule is O=C(c1ncco1)N1CCC2CNC2C1. The van der Waals surface area contributed by atoms with Crippen LogP contribution in [0.2, 0.25) is 0 Å². The van der Waals surface area contributed by atoms with Crippen molar-refractivity contribution in [2.45, 2.75) is 12.5 Å². The first-order valence-corrected chi connectivity index (χ1v) is 5.27. The highest BCUT2D eigenvalue weighted by atomic mass is 16.4. The number of piperidine rings is 1. The number of nitrogens with zero attached hydrogens (tertiary/aromatic N) is 2. The highest BCUT2D eigenvalue weighted by molar-refractivity contribution is 5.89. The van der Waals surface area contributed by atoms with Gasteiger partial charge in [-0.2, -0.15) is 0 Å². The van der Waals surface area contributed by atoms with Crippen molar-refractivity contribution in [2.24, 2.45) is 5.92 Å². The first kappa shape index (κ1) is 8.91. The summed E-state index contributed by atoms with van der Waals surface area (Å²) in [7, 11) is 0. The Morgan fingerprint density at radius 1 is 1.67 bits per heavy atom. The van der Waals surface area contributed by atoms with Crippen LogP contribution in [-0.4, -0.2) is 41.5 Å². The van der Waals surface area contributed by atoms with E-state index < -0.39 is 0 Å². The molecular weight excluding hydrogens is 194 g/mol. The summed E-state index contributed by atoms with van der Waals surface area (Å²) in [5, 5.41) is 3.33. The maximum Gasteiger partial charge on any atom is 0.309 e. The number of carbonyl (C=O) groups is 1. The summed E-state index contributed by atoms with van der Waals surface area (Å²) in [6.45, 7) is 2.71. The van der Waals surface area contributed by atoms with E-state index in [1.807, 2.05) is 4.90 Å². The van der Waals surface area contributed by atoms with Gasteiger partial charge in [0.25, 0.3) is 5.89 Å². The van der Waals surface area contributed by atoms with Crippen LogP contribution in [0, 0.1) is 5.92 Å². The molecule has 2 aliphatic rings. The van der Waals surface area contributed by atoms with Crippen LogP contribution in [0.4, 0.5) is 0 Å². The van der Waals surface area contributed by atoms with E-state index in [1.165, 1.54) is 12.5 Å². The molecule has 1 amide bonds. The predicted octanol–water partition coefficient (Wildman–Crippen LogP) is 0.108. The molecule has 0 spiro atoms. The zero-order chi connectivity index (χ0) is 10.3. The minimum Gasteiger partial charge on any atom is -0.441 e. The molecular formula is C10H13N3O2. The first-order chi connectivity index (χ1) is 7.34. The fraction of sp³-hybridized carbons (Fsp3) is 0.600. The van der Waals surface area contributed by atoms with E-state index >= 15 is 0 Å². The van der Waals surface area contributed by atoms with E-state index in [1.54, 1.807) is 0 Å². The van der Waals surface area contributed by atoms with Gasteiger partial charge in [0.1, 0.15) is 6.26 Å². The number of oxazole rings is 1. The van der Waals surface area contributed by atoms with Crippen LogP contribution in [0.3, 0.4) is 0 Å². The smallest absolute Gasteiger partial charge is 0.309 e. The summed E-state index contributed by atoms with van der Waals surface area (Å²) in [4.78, 5) is 17.6. The molecule has 0 saturated carbocycles. The van der Waals surface area contributed by atoms with E-state index in [-0.39, 0.29) is 11.8 Å². The van der Waals surface area contributed by atoms with Gasteiger partial charge in [0.2, 0.25) is 0 Å². The van der Waals surface area contributed by atoms with E-state index in [0.29, 0.717) is 6.04 Å². The lowest BCUT2D eigenvalue weighted by Gasteiger charge is -2.45. The normalized spacial score (nSPS) is 29.5. The quantitative estimate of drug-likeness (QED) is 0.710. The third-order valence-electron chi connectivity index (χ3n) is 3.30. The van der Waals surface area contributed by atoms with Gasteiger partial charge in [-0.05, 0) is 18.9 Å². The molecule has 3 rings (SSSR count). The number of aromatic nitrogens is 1. The van der Waals surface area contributed by atoms with Gasteiger partial charge >= 0.3 is 5.91 Å². The van der Waals surface area contributed by atoms with Crippen molar-refractivity contribution in [1.29, 1.82) is 0 Å². The highest BCUT2D eigenvalue weighted by Crippen LogP contribution is 2.24. The average molecular weight is 207 g/mol. The zero-order valence-electron chi connectivity index (χ0n) is 8.35. The monoisotopic (exact) mass is 207 g/mol. The summed E-state index contributed by atoms with van der Waals surface area (Å²) < 4.78 is 5.01. The van der Waals surface area contributed by atoms with Gasteiger partial charge in [0, 0.05) is 19.1 Å². The maximum atomic E-state index is 11.9. The molecule has 1 aromatic heterocycles. The number of hydrogen-bond donors (Lipinski definition) is 1. The van der Waals surface area contributed by atoms with Crippen molar-refractivity contribution in [3.63, 3.8) is 0 Å². The second-order valence-corrected chi connectivity index (χ2v) is 4.15. The van der Waals surface area contributed by atoms with Crippen LogP contribution in [0.25, 0.3) is 0 Å². The lowest BCUT2D eigenvalue weighted by atomic mass is 9.85. The van der Waals surface area contributed by atoms with Crippen molar-refractivity contribution >= 4 is 5.91 Å². The predicted molar refractivity (Wildman–Crippen MR) is 52.3 cm³/mol. The van der Waals surface area contributed by atoms with Crippen LogP contribution in [0.5, 0.6) is 0 Å². The number of rotatable bonds is 1. The minimum atomic E-state index is -0.0906. The van der Waals surface area contributed by atoms with Crippen molar-refractivity contribution in [1.82, 2.24) is 15.2 Å². The number of carbonyl (C=O) groups excluding carboxylic acids is 1. The topological polar surface area (TPSA) is 58.4 Å². The molecule has 5 nitrogen and oxygen atoms in total. The van der Waals surface area contributed by atoms with Crippen molar-refractivity contribution in [2.75, 3.05) is 19.6 Å². The zero-order valence-corrected chi connectivity index (χ0v) is 8.35. The Balaban J connectivity index is 1.70. The van der Waals surface area contributed by atoms with Crippen LogP contribution in [-0.2, 0) is 0 Å². The van der Waals surface area contributed by atoms with Crippen LogP contribution in [0.15, 0.2) is 16.9 Å². The van der Waals surface area contributed by atoms with Gasteiger partial charge in [-0.25, -0.2) is 4.98 Å². The molecule has 15 heavy (non-hydrogen) atoms. The van der Waals surface area contributed by atoms with E-state index in [4.69, 9.17) is 4.42 Å². The number of nitrogens with one attached hydrogen (secondary N) is 1. The van der Waals surface area contributed by atoms with Crippen LogP contribution < -0.4 is 5.32 Å². The Morgan fingerprint density at radius 3 is 3.20 bits per heavy atom. The van der Waals surface area contributed by atoms with Crippen LogP contribution >= 0.6 is 0 Å². The van der Waals surface area contributed by atoms with Gasteiger partial charge in [0.15, 0.2) is 0 Å². The summed E-state index contributed by atoms with van der Waals surface area (Å²) in [6, 6.07) is 0.484. The number of hydrogen-bond acceptors (Lipinski definition) is 4. The molecule has 2 unspecified atom stereocenters. The third kappa shape index (κ3) is 1.43. The Hall–Kier alpha value is -1.36. The highest BCUT2D eigenvalue weighted by Gasteiger charge is 2.37. The molecule has 2 fully saturated rings. The lowest BCUT2D eigenvalue weighted by Crippen LogP contribution is -2.62. The van der Waals surface area contributed by atoms with Crippen molar-refractivity contribution in [3.8, 4) is 0 Å². The minimum absolute atomic E-state index is 0.0906. The van der Waals surface area contributed by atoms with E-state index in [0.717, 1.165) is 32.0 Å². The molecule has 0 bridgehead atoms. The second-order valence-electron chi connectivity index (χ2n) is 4.15. The number of likely N-dealkylation sites (tertiary alicyclic amines) is 1. The molecule has 3 heterocycles. The van der Waals surface area contributed by atoms with Gasteiger partial charge < -0.3 is 14.6 Å². The average Bonchev–Trinajstić information content (AvgIpc) is 2.72. The third-order valence-corrected chi connectivity index (χ3v) is 3.30. The summed E-state index contributed by atoms with van der Waals surface area (Å²) in [5.41, 5.74) is 0. The van der Waals surface area contributed by atoms with Gasteiger partial charge in [0.05, 0.1) is 6.20 Å². The number of fused-ring (bicyclic) bond motifs is 1. The molecule has 1 aromatic rings. The van der Waals surface area contributed by atoms with Crippen molar-refractivity contribution < 1.29 is 9.21 Å². The fourth-order valence-corrected chi connectivity index (χ4v) is 2.27. The molecule has 2 aliphatic heterocycles. The summed E-state index contributed by atoms with van der Waals surface area (Å²) >= 11 is 0. The molecule has 2 atom stereocenters.